The molecular weight excluding hydrogens is 204 g/mol. The molecule has 0 saturated heterocycles. The van der Waals surface area contributed by atoms with Crippen molar-refractivity contribution in [2.75, 3.05) is 12.0 Å². The van der Waals surface area contributed by atoms with Crippen LogP contribution in [0.4, 0.5) is 0 Å². The van der Waals surface area contributed by atoms with E-state index in [-0.39, 0.29) is 6.10 Å². The van der Waals surface area contributed by atoms with Crippen LogP contribution in [0.2, 0.25) is 0 Å². The van der Waals surface area contributed by atoms with Gasteiger partial charge in [-0.3, -0.25) is 0 Å². The van der Waals surface area contributed by atoms with Crippen molar-refractivity contribution in [3.8, 4) is 0 Å². The van der Waals surface area contributed by atoms with Crippen molar-refractivity contribution in [1.82, 2.24) is 0 Å². The average molecular weight is 224 g/mol. The second-order valence-corrected chi connectivity index (χ2v) is 5.15. The van der Waals surface area contributed by atoms with Crippen molar-refractivity contribution < 1.29 is 5.11 Å². The Hall–Kier alpha value is -0.470. The summed E-state index contributed by atoms with van der Waals surface area (Å²) in [6.07, 6.45) is 1.68. The van der Waals surface area contributed by atoms with E-state index < -0.39 is 0 Å². The Bertz CT molecular complexity index is 320. The number of aliphatic hydroxyl groups is 1. The number of benzene rings is 1. The highest BCUT2D eigenvalue weighted by Crippen LogP contribution is 2.25. The first-order valence-corrected chi connectivity index (χ1v) is 6.73. The number of hydrogen-bond donors (Lipinski definition) is 1. The lowest BCUT2D eigenvalue weighted by atomic mass is 9.96. The largest absolute Gasteiger partial charge is 0.388 e. The zero-order valence-electron chi connectivity index (χ0n) is 9.95. The Morgan fingerprint density at radius 3 is 2.53 bits per heavy atom. The van der Waals surface area contributed by atoms with Gasteiger partial charge >= 0.3 is 0 Å². The third-order valence-corrected chi connectivity index (χ3v) is 3.30. The van der Waals surface area contributed by atoms with Gasteiger partial charge < -0.3 is 5.11 Å². The molecule has 1 aromatic rings. The minimum atomic E-state index is -0.335. The van der Waals surface area contributed by atoms with Gasteiger partial charge in [0.15, 0.2) is 0 Å². The molecule has 1 atom stereocenters. The van der Waals surface area contributed by atoms with Crippen molar-refractivity contribution in [3.05, 3.63) is 34.9 Å². The minimum absolute atomic E-state index is 0.335. The van der Waals surface area contributed by atoms with Crippen molar-refractivity contribution in [1.29, 1.82) is 0 Å². The maximum absolute atomic E-state index is 9.99. The highest BCUT2D eigenvalue weighted by Gasteiger charge is 2.11. The van der Waals surface area contributed by atoms with E-state index in [2.05, 4.69) is 39.0 Å². The number of aliphatic hydroxyl groups excluding tert-OH is 1. The van der Waals surface area contributed by atoms with Crippen molar-refractivity contribution in [3.63, 3.8) is 0 Å². The van der Waals surface area contributed by atoms with Gasteiger partial charge in [0.1, 0.15) is 0 Å². The van der Waals surface area contributed by atoms with E-state index in [1.807, 2.05) is 6.26 Å². The van der Waals surface area contributed by atoms with E-state index >= 15 is 0 Å². The second-order valence-electron chi connectivity index (χ2n) is 4.24. The molecule has 0 bridgehead atoms. The Morgan fingerprint density at radius 2 is 2.00 bits per heavy atom. The maximum atomic E-state index is 9.99. The third-order valence-electron chi connectivity index (χ3n) is 2.65. The molecule has 2 heteroatoms. The summed E-state index contributed by atoms with van der Waals surface area (Å²) < 4.78 is 0. The molecule has 84 valence electrons. The van der Waals surface area contributed by atoms with Gasteiger partial charge in [0.05, 0.1) is 6.10 Å². The van der Waals surface area contributed by atoms with E-state index in [0.29, 0.717) is 5.92 Å². The molecule has 0 saturated carbocycles. The molecule has 1 nitrogen and oxygen atoms in total. The van der Waals surface area contributed by atoms with E-state index in [1.54, 1.807) is 11.8 Å². The van der Waals surface area contributed by atoms with Crippen LogP contribution in [0.3, 0.4) is 0 Å². The van der Waals surface area contributed by atoms with Crippen molar-refractivity contribution >= 4 is 11.8 Å². The summed E-state index contributed by atoms with van der Waals surface area (Å²) in [6.45, 7) is 6.41. The van der Waals surface area contributed by atoms with Crippen LogP contribution in [-0.2, 0) is 0 Å². The van der Waals surface area contributed by atoms with Crippen LogP contribution in [0.15, 0.2) is 18.2 Å². The molecule has 0 aliphatic heterocycles. The monoisotopic (exact) mass is 224 g/mol. The molecule has 1 N–H and O–H groups in total. The maximum Gasteiger partial charge on any atom is 0.0882 e. The van der Waals surface area contributed by atoms with E-state index in [0.717, 1.165) is 11.3 Å². The highest BCUT2D eigenvalue weighted by atomic mass is 32.2. The van der Waals surface area contributed by atoms with Crippen molar-refractivity contribution in [2.45, 2.75) is 32.8 Å². The van der Waals surface area contributed by atoms with Crippen LogP contribution in [0.5, 0.6) is 0 Å². The molecule has 1 unspecified atom stereocenters. The lowest BCUT2D eigenvalue weighted by molar-refractivity contribution is 0.203. The van der Waals surface area contributed by atoms with E-state index in [9.17, 15) is 5.11 Å². The summed E-state index contributed by atoms with van der Waals surface area (Å²) >= 11 is 1.68. The van der Waals surface area contributed by atoms with Crippen molar-refractivity contribution in [2.24, 2.45) is 0 Å². The van der Waals surface area contributed by atoms with Gasteiger partial charge in [0, 0.05) is 5.75 Å². The van der Waals surface area contributed by atoms with Gasteiger partial charge in [-0.25, -0.2) is 0 Å². The molecule has 0 spiro atoms. The van der Waals surface area contributed by atoms with Crippen LogP contribution in [0.1, 0.15) is 42.6 Å². The lowest BCUT2D eigenvalue weighted by Crippen LogP contribution is -2.04. The second kappa shape index (κ2) is 5.57. The van der Waals surface area contributed by atoms with Crippen LogP contribution in [0, 0.1) is 6.92 Å². The van der Waals surface area contributed by atoms with Gasteiger partial charge in [-0.1, -0.05) is 32.0 Å². The first kappa shape index (κ1) is 12.6. The SMILES string of the molecule is CSCC(O)c1cc(C(C)C)ccc1C. The Kier molecular flexibility index (Phi) is 4.68. The van der Waals surface area contributed by atoms with Gasteiger partial charge in [-0.15, -0.1) is 0 Å². The molecule has 0 heterocycles. The summed E-state index contributed by atoms with van der Waals surface area (Å²) in [5.74, 6) is 1.29. The molecular formula is C13H20OS. The molecule has 0 aliphatic rings. The van der Waals surface area contributed by atoms with E-state index in [1.165, 1.54) is 11.1 Å². The zero-order valence-corrected chi connectivity index (χ0v) is 10.8. The van der Waals surface area contributed by atoms with E-state index in [4.69, 9.17) is 0 Å². The molecule has 1 rings (SSSR count). The predicted octanol–water partition coefficient (Wildman–Crippen LogP) is 3.51. The molecule has 0 aromatic heterocycles. The summed E-state index contributed by atoms with van der Waals surface area (Å²) in [5, 5.41) is 9.99. The van der Waals surface area contributed by atoms with Gasteiger partial charge in [0.2, 0.25) is 0 Å². The first-order chi connectivity index (χ1) is 7.06. The Balaban J connectivity index is 2.99. The Labute approximate surface area is 96.9 Å². The zero-order chi connectivity index (χ0) is 11.4. The molecule has 0 fully saturated rings. The summed E-state index contributed by atoms with van der Waals surface area (Å²) in [4.78, 5) is 0. The molecule has 15 heavy (non-hydrogen) atoms. The summed E-state index contributed by atoms with van der Waals surface area (Å²) in [6, 6.07) is 6.39. The molecule has 0 aliphatic carbocycles. The smallest absolute Gasteiger partial charge is 0.0882 e. The highest BCUT2D eigenvalue weighted by molar-refractivity contribution is 7.98. The van der Waals surface area contributed by atoms with Gasteiger partial charge in [-0.05, 0) is 35.8 Å². The summed E-state index contributed by atoms with van der Waals surface area (Å²) in [5.41, 5.74) is 3.56. The Morgan fingerprint density at radius 1 is 1.33 bits per heavy atom. The topological polar surface area (TPSA) is 20.2 Å². The number of hydrogen-bond acceptors (Lipinski definition) is 2. The van der Waals surface area contributed by atoms with Crippen LogP contribution >= 0.6 is 11.8 Å². The standard InChI is InChI=1S/C13H20OS/c1-9(2)11-6-5-10(3)12(7-11)13(14)8-15-4/h5-7,9,13-14H,8H2,1-4H3. The van der Waals surface area contributed by atoms with Gasteiger partial charge in [-0.2, -0.15) is 11.8 Å². The van der Waals surface area contributed by atoms with Crippen LogP contribution in [0.25, 0.3) is 0 Å². The van der Waals surface area contributed by atoms with Crippen LogP contribution in [-0.4, -0.2) is 17.1 Å². The van der Waals surface area contributed by atoms with Gasteiger partial charge in [0.25, 0.3) is 0 Å². The summed E-state index contributed by atoms with van der Waals surface area (Å²) in [7, 11) is 0. The molecule has 0 amide bonds. The average Bonchev–Trinajstić information content (AvgIpc) is 2.18. The fourth-order valence-electron chi connectivity index (χ4n) is 1.62. The normalized spacial score (nSPS) is 13.2. The number of aryl methyl sites for hydroxylation is 1. The number of rotatable bonds is 4. The van der Waals surface area contributed by atoms with Crippen LogP contribution < -0.4 is 0 Å². The quantitative estimate of drug-likeness (QED) is 0.844. The molecule has 1 aromatic carbocycles. The fraction of sp³-hybridized carbons (Fsp3) is 0.538. The number of thioether (sulfide) groups is 1. The lowest BCUT2D eigenvalue weighted by Gasteiger charge is -2.15. The minimum Gasteiger partial charge on any atom is -0.388 e. The first-order valence-electron chi connectivity index (χ1n) is 5.33. The predicted molar refractivity (Wildman–Crippen MR) is 68.6 cm³/mol. The molecule has 0 radical (unpaired) electrons. The fourth-order valence-corrected chi connectivity index (χ4v) is 2.12. The third kappa shape index (κ3) is 3.25.